The first-order valence-electron chi connectivity index (χ1n) is 14.6. The summed E-state index contributed by atoms with van der Waals surface area (Å²) >= 11 is 0. The number of hydrogen-bond acceptors (Lipinski definition) is 4. The normalized spacial score (nSPS) is 52.1. The van der Waals surface area contributed by atoms with E-state index in [9.17, 15) is 15.3 Å². The third-order valence-corrected chi connectivity index (χ3v) is 12.8. The van der Waals surface area contributed by atoms with Gasteiger partial charge in [-0.05, 0) is 131 Å². The quantitative estimate of drug-likeness (QED) is 0.475. The van der Waals surface area contributed by atoms with Gasteiger partial charge in [-0.2, -0.15) is 0 Å². The highest BCUT2D eigenvalue weighted by molar-refractivity contribution is 5.12. The first kappa shape index (κ1) is 25.5. The van der Waals surface area contributed by atoms with Crippen LogP contribution in [-0.2, 0) is 4.74 Å². The van der Waals surface area contributed by atoms with E-state index in [-0.39, 0.29) is 0 Å². The fourth-order valence-corrected chi connectivity index (χ4v) is 10.3. The zero-order valence-corrected chi connectivity index (χ0v) is 22.6. The van der Waals surface area contributed by atoms with Crippen molar-refractivity contribution in [3.8, 4) is 0 Å². The lowest BCUT2D eigenvalue weighted by Gasteiger charge is -2.63. The van der Waals surface area contributed by atoms with Gasteiger partial charge in [0.2, 0.25) is 0 Å². The summed E-state index contributed by atoms with van der Waals surface area (Å²) in [5, 5.41) is 32.8. The van der Waals surface area contributed by atoms with Crippen LogP contribution in [0.5, 0.6) is 0 Å². The van der Waals surface area contributed by atoms with E-state index in [0.29, 0.717) is 35.9 Å². The van der Waals surface area contributed by atoms with Crippen LogP contribution in [0.1, 0.15) is 112 Å². The summed E-state index contributed by atoms with van der Waals surface area (Å²) in [6.07, 6.45) is 13.3. The van der Waals surface area contributed by atoms with Gasteiger partial charge >= 0.3 is 0 Å². The van der Waals surface area contributed by atoms with E-state index in [0.717, 1.165) is 62.2 Å². The number of hydrogen-bond donors (Lipinski definition) is 3. The fraction of sp³-hybridized carbons (Fsp3) is 1.00. The Morgan fingerprint density at radius 2 is 1.65 bits per heavy atom. The average molecular weight is 477 g/mol. The van der Waals surface area contributed by atoms with Gasteiger partial charge in [0.15, 0.2) is 0 Å². The lowest BCUT2D eigenvalue weighted by Crippen LogP contribution is -2.60. The Labute approximate surface area is 208 Å². The molecule has 5 rings (SSSR count). The summed E-state index contributed by atoms with van der Waals surface area (Å²) < 4.78 is 5.49. The highest BCUT2D eigenvalue weighted by Gasteiger charge is 2.62. The molecule has 4 saturated carbocycles. The van der Waals surface area contributed by atoms with Crippen LogP contribution in [0, 0.1) is 46.3 Å². The number of ether oxygens (including phenoxy) is 1. The van der Waals surface area contributed by atoms with Crippen molar-refractivity contribution >= 4 is 0 Å². The minimum Gasteiger partial charge on any atom is -0.387 e. The van der Waals surface area contributed by atoms with E-state index in [1.54, 1.807) is 13.8 Å². The van der Waals surface area contributed by atoms with E-state index in [1.165, 1.54) is 38.5 Å². The van der Waals surface area contributed by atoms with Crippen LogP contribution in [0.2, 0.25) is 0 Å². The summed E-state index contributed by atoms with van der Waals surface area (Å²) in [5.74, 6) is 4.43. The highest BCUT2D eigenvalue weighted by atomic mass is 16.5. The van der Waals surface area contributed by atoms with Crippen molar-refractivity contribution in [2.45, 2.75) is 128 Å². The van der Waals surface area contributed by atoms with Crippen molar-refractivity contribution in [1.29, 1.82) is 0 Å². The standard InChI is InChI=1S/C30H52O4/c1-20(10-13-29(32)16-17-34-19-29)23-8-9-24-22-7-6-21-18-30(33,26(2,3)31)15-14-27(21,4)25(22)11-12-28(23,24)5/h20-25,31-33H,6-19H2,1-5H3/t20-,21+,22+,23-,24+,25+,27+,28-,29?,30+/m1/s1. The Morgan fingerprint density at radius 3 is 2.32 bits per heavy atom. The summed E-state index contributed by atoms with van der Waals surface area (Å²) in [6.45, 7) is 12.5. The summed E-state index contributed by atoms with van der Waals surface area (Å²) in [6, 6.07) is 0. The molecule has 0 spiro atoms. The molecule has 0 aromatic heterocycles. The molecule has 4 aliphatic carbocycles. The van der Waals surface area contributed by atoms with Gasteiger partial charge in [0.05, 0.1) is 23.4 Å². The van der Waals surface area contributed by atoms with E-state index >= 15 is 0 Å². The monoisotopic (exact) mass is 476 g/mol. The molecule has 10 atom stereocenters. The molecule has 0 aromatic rings. The van der Waals surface area contributed by atoms with Gasteiger partial charge in [0, 0.05) is 13.0 Å². The molecule has 0 radical (unpaired) electrons. The molecule has 5 fully saturated rings. The van der Waals surface area contributed by atoms with Gasteiger partial charge in [0.25, 0.3) is 0 Å². The Hall–Kier alpha value is -0.160. The van der Waals surface area contributed by atoms with Crippen molar-refractivity contribution in [3.05, 3.63) is 0 Å². The molecule has 1 heterocycles. The molecule has 196 valence electrons. The molecule has 4 heteroatoms. The average Bonchev–Trinajstić information content (AvgIpc) is 3.35. The SMILES string of the molecule is C[C@H](CCC1(O)CCOC1)[C@H]1CC[C@H]2[C@@H]3CC[C@H]4C[C@](O)(C(C)(C)O)CC[C@]4(C)[C@H]3CC[C@]12C. The molecule has 34 heavy (non-hydrogen) atoms. The highest BCUT2D eigenvalue weighted by Crippen LogP contribution is 2.69. The molecule has 1 aliphatic heterocycles. The maximum atomic E-state index is 11.3. The van der Waals surface area contributed by atoms with Crippen molar-refractivity contribution < 1.29 is 20.1 Å². The molecule has 1 unspecified atom stereocenters. The van der Waals surface area contributed by atoms with E-state index in [2.05, 4.69) is 20.8 Å². The van der Waals surface area contributed by atoms with Crippen molar-refractivity contribution in [2.24, 2.45) is 46.3 Å². The van der Waals surface area contributed by atoms with Crippen LogP contribution in [0.15, 0.2) is 0 Å². The fourth-order valence-electron chi connectivity index (χ4n) is 10.3. The lowest BCUT2D eigenvalue weighted by atomic mass is 9.43. The predicted octanol–water partition coefficient (Wildman–Crippen LogP) is 5.72. The Kier molecular flexibility index (Phi) is 6.32. The predicted molar refractivity (Wildman–Crippen MR) is 135 cm³/mol. The Morgan fingerprint density at radius 1 is 0.912 bits per heavy atom. The van der Waals surface area contributed by atoms with Gasteiger partial charge in [-0.3, -0.25) is 0 Å². The molecule has 0 aromatic carbocycles. The number of fused-ring (bicyclic) bond motifs is 5. The maximum absolute atomic E-state index is 11.3. The zero-order chi connectivity index (χ0) is 24.6. The molecule has 5 aliphatic rings. The van der Waals surface area contributed by atoms with Crippen LogP contribution in [-0.4, -0.2) is 45.3 Å². The molecule has 1 saturated heterocycles. The minimum atomic E-state index is -1.02. The van der Waals surface area contributed by atoms with Crippen LogP contribution >= 0.6 is 0 Å². The second-order valence-electron chi connectivity index (χ2n) is 14.7. The molecule has 3 N–H and O–H groups in total. The third kappa shape index (κ3) is 3.92. The Bertz CT molecular complexity index is 753. The maximum Gasteiger partial charge on any atom is 0.0930 e. The lowest BCUT2D eigenvalue weighted by molar-refractivity contribution is -0.204. The molecule has 4 nitrogen and oxygen atoms in total. The van der Waals surface area contributed by atoms with Crippen molar-refractivity contribution in [2.75, 3.05) is 13.2 Å². The van der Waals surface area contributed by atoms with E-state index in [4.69, 9.17) is 4.74 Å². The number of aliphatic hydroxyl groups is 3. The van der Waals surface area contributed by atoms with Gasteiger partial charge < -0.3 is 20.1 Å². The summed E-state index contributed by atoms with van der Waals surface area (Å²) in [5.41, 5.74) is -1.78. The van der Waals surface area contributed by atoms with Crippen molar-refractivity contribution in [1.82, 2.24) is 0 Å². The van der Waals surface area contributed by atoms with Gasteiger partial charge in [-0.1, -0.05) is 20.8 Å². The first-order chi connectivity index (χ1) is 15.8. The van der Waals surface area contributed by atoms with E-state index < -0.39 is 16.8 Å². The van der Waals surface area contributed by atoms with Crippen molar-refractivity contribution in [3.63, 3.8) is 0 Å². The molecule has 0 bridgehead atoms. The van der Waals surface area contributed by atoms with Gasteiger partial charge in [0.1, 0.15) is 0 Å². The summed E-state index contributed by atoms with van der Waals surface area (Å²) in [7, 11) is 0. The topological polar surface area (TPSA) is 69.9 Å². The molecule has 0 amide bonds. The number of rotatable bonds is 5. The van der Waals surface area contributed by atoms with Gasteiger partial charge in [-0.15, -0.1) is 0 Å². The van der Waals surface area contributed by atoms with Crippen LogP contribution in [0.4, 0.5) is 0 Å². The van der Waals surface area contributed by atoms with Crippen LogP contribution in [0.3, 0.4) is 0 Å². The minimum absolute atomic E-state index is 0.317. The second-order valence-corrected chi connectivity index (χ2v) is 14.7. The van der Waals surface area contributed by atoms with E-state index in [1.807, 2.05) is 0 Å². The Balaban J connectivity index is 1.28. The van der Waals surface area contributed by atoms with Gasteiger partial charge in [-0.25, -0.2) is 0 Å². The van der Waals surface area contributed by atoms with Crippen LogP contribution < -0.4 is 0 Å². The third-order valence-electron chi connectivity index (χ3n) is 12.8. The summed E-state index contributed by atoms with van der Waals surface area (Å²) in [4.78, 5) is 0. The smallest absolute Gasteiger partial charge is 0.0930 e. The largest absolute Gasteiger partial charge is 0.387 e. The first-order valence-corrected chi connectivity index (χ1v) is 14.6. The second kappa shape index (κ2) is 8.43. The van der Waals surface area contributed by atoms with Crippen LogP contribution in [0.25, 0.3) is 0 Å². The zero-order valence-electron chi connectivity index (χ0n) is 22.6. The molecular formula is C30H52O4. The molecular weight excluding hydrogens is 424 g/mol.